The zero-order valence-corrected chi connectivity index (χ0v) is 17.6. The molecular formula is C21H32N4O3. The fraction of sp³-hybridized carbons (Fsp3) is 0.762. The molecule has 154 valence electrons. The van der Waals surface area contributed by atoms with Gasteiger partial charge in [-0.1, -0.05) is 0 Å². The minimum atomic E-state index is -0.506. The summed E-state index contributed by atoms with van der Waals surface area (Å²) in [4.78, 5) is 31.5. The van der Waals surface area contributed by atoms with Crippen molar-refractivity contribution in [3.8, 4) is 0 Å². The molecule has 1 aliphatic carbocycles. The first-order valence-electron chi connectivity index (χ1n) is 10.4. The number of hydrogen-bond donors (Lipinski definition) is 1. The average molecular weight is 389 g/mol. The number of ether oxygens (including phenoxy) is 1. The van der Waals surface area contributed by atoms with Gasteiger partial charge in [-0.25, -0.2) is 9.78 Å². The number of aromatic nitrogens is 2. The van der Waals surface area contributed by atoms with E-state index in [2.05, 4.69) is 14.9 Å². The number of carbonyl (C=O) groups is 2. The summed E-state index contributed by atoms with van der Waals surface area (Å²) in [6.07, 6.45) is 5.10. The molecule has 0 spiro atoms. The minimum Gasteiger partial charge on any atom is -0.444 e. The Morgan fingerprint density at radius 1 is 1.14 bits per heavy atom. The second-order valence-corrected chi connectivity index (χ2v) is 10.0. The van der Waals surface area contributed by atoms with Gasteiger partial charge in [-0.15, -0.1) is 0 Å². The topological polar surface area (TPSA) is 76.5 Å². The van der Waals surface area contributed by atoms with Crippen LogP contribution >= 0.6 is 0 Å². The number of carbonyl (C=O) groups excluding carboxylic acids is 2. The predicted molar refractivity (Wildman–Crippen MR) is 105 cm³/mol. The SMILES string of the molecule is CC(C)(C)OC(=O)N1C[C@@H]2C(C(=O)NC(C)(C)c3ncc4n3CCCC4)[C@@H]2C1. The summed E-state index contributed by atoms with van der Waals surface area (Å²) in [5.41, 5.74) is 0.266. The van der Waals surface area contributed by atoms with Gasteiger partial charge in [0.1, 0.15) is 11.4 Å². The number of likely N-dealkylation sites (tertiary alicyclic amines) is 1. The highest BCUT2D eigenvalue weighted by Gasteiger charge is 2.61. The summed E-state index contributed by atoms with van der Waals surface area (Å²) in [5.74, 6) is 1.51. The van der Waals surface area contributed by atoms with Crippen LogP contribution in [0.2, 0.25) is 0 Å². The fourth-order valence-electron chi connectivity index (χ4n) is 4.77. The molecule has 1 N–H and O–H groups in total. The zero-order chi connectivity index (χ0) is 20.3. The number of hydrogen-bond acceptors (Lipinski definition) is 4. The second-order valence-electron chi connectivity index (χ2n) is 10.0. The van der Waals surface area contributed by atoms with E-state index in [-0.39, 0.29) is 29.8 Å². The van der Waals surface area contributed by atoms with E-state index in [4.69, 9.17) is 4.74 Å². The van der Waals surface area contributed by atoms with Crippen LogP contribution in [-0.4, -0.2) is 45.1 Å². The van der Waals surface area contributed by atoms with Crippen molar-refractivity contribution in [2.75, 3.05) is 13.1 Å². The molecule has 2 aliphatic heterocycles. The lowest BCUT2D eigenvalue weighted by Crippen LogP contribution is -2.45. The maximum absolute atomic E-state index is 12.9. The summed E-state index contributed by atoms with van der Waals surface area (Å²) in [7, 11) is 0. The molecule has 28 heavy (non-hydrogen) atoms. The van der Waals surface area contributed by atoms with Crippen LogP contribution < -0.4 is 5.32 Å². The third-order valence-electron chi connectivity index (χ3n) is 6.15. The van der Waals surface area contributed by atoms with Crippen molar-refractivity contribution >= 4 is 12.0 Å². The Balaban J connectivity index is 1.35. The molecule has 4 rings (SSSR count). The summed E-state index contributed by atoms with van der Waals surface area (Å²) in [6, 6.07) is 0. The average Bonchev–Trinajstić information content (AvgIpc) is 2.96. The Kier molecular flexibility index (Phi) is 4.47. The highest BCUT2D eigenvalue weighted by atomic mass is 16.6. The van der Waals surface area contributed by atoms with Gasteiger partial charge in [-0.05, 0) is 65.7 Å². The monoisotopic (exact) mass is 388 g/mol. The highest BCUT2D eigenvalue weighted by molar-refractivity contribution is 5.84. The third kappa shape index (κ3) is 3.51. The smallest absolute Gasteiger partial charge is 0.410 e. The molecule has 1 unspecified atom stereocenters. The molecule has 3 heterocycles. The fourth-order valence-corrected chi connectivity index (χ4v) is 4.77. The Morgan fingerprint density at radius 2 is 1.82 bits per heavy atom. The van der Waals surface area contributed by atoms with E-state index < -0.39 is 11.1 Å². The van der Waals surface area contributed by atoms with E-state index in [1.807, 2.05) is 40.8 Å². The molecule has 2 fully saturated rings. The summed E-state index contributed by atoms with van der Waals surface area (Å²) in [5, 5.41) is 3.22. The van der Waals surface area contributed by atoms with E-state index in [0.29, 0.717) is 13.1 Å². The van der Waals surface area contributed by atoms with Gasteiger partial charge in [-0.2, -0.15) is 0 Å². The van der Waals surface area contributed by atoms with Gasteiger partial charge in [0.25, 0.3) is 0 Å². The molecule has 2 amide bonds. The molecule has 0 bridgehead atoms. The van der Waals surface area contributed by atoms with Crippen LogP contribution in [0.1, 0.15) is 59.0 Å². The molecule has 1 saturated heterocycles. The first kappa shape index (κ1) is 19.3. The standard InChI is InChI=1S/C21H32N4O3/c1-20(2,3)28-19(27)24-11-14-15(12-24)16(14)17(26)23-21(4,5)18-22-10-13-8-6-7-9-25(13)18/h10,14-16H,6-9,11-12H2,1-5H3,(H,23,26)/t14-,15+,16?. The Bertz CT molecular complexity index is 780. The van der Waals surface area contributed by atoms with Gasteiger partial charge in [0.05, 0.1) is 5.54 Å². The van der Waals surface area contributed by atoms with Crippen molar-refractivity contribution in [2.45, 2.75) is 71.6 Å². The number of aryl methyl sites for hydroxylation is 1. The molecule has 3 atom stereocenters. The molecule has 7 nitrogen and oxygen atoms in total. The number of amides is 2. The van der Waals surface area contributed by atoms with Gasteiger partial charge in [0, 0.05) is 37.4 Å². The number of fused-ring (bicyclic) bond motifs is 2. The van der Waals surface area contributed by atoms with Gasteiger partial charge in [-0.3, -0.25) is 4.79 Å². The van der Waals surface area contributed by atoms with Crippen molar-refractivity contribution in [1.82, 2.24) is 19.8 Å². The van der Waals surface area contributed by atoms with Crippen LogP contribution in [0.5, 0.6) is 0 Å². The first-order valence-corrected chi connectivity index (χ1v) is 10.4. The molecule has 1 aromatic heterocycles. The zero-order valence-electron chi connectivity index (χ0n) is 17.6. The molecule has 1 aromatic rings. The normalized spacial score (nSPS) is 26.5. The maximum Gasteiger partial charge on any atom is 0.410 e. The Labute approximate surface area is 166 Å². The Morgan fingerprint density at radius 3 is 2.46 bits per heavy atom. The first-order chi connectivity index (χ1) is 13.1. The largest absolute Gasteiger partial charge is 0.444 e. The summed E-state index contributed by atoms with van der Waals surface area (Å²) < 4.78 is 7.71. The predicted octanol–water partition coefficient (Wildman–Crippen LogP) is 2.68. The third-order valence-corrected chi connectivity index (χ3v) is 6.15. The molecule has 1 saturated carbocycles. The van der Waals surface area contributed by atoms with Crippen LogP contribution in [0.3, 0.4) is 0 Å². The van der Waals surface area contributed by atoms with Crippen molar-refractivity contribution in [1.29, 1.82) is 0 Å². The Hall–Kier alpha value is -2.05. The van der Waals surface area contributed by atoms with Crippen LogP contribution in [0.4, 0.5) is 4.79 Å². The van der Waals surface area contributed by atoms with Crippen molar-refractivity contribution < 1.29 is 14.3 Å². The van der Waals surface area contributed by atoms with Gasteiger partial charge in [0.2, 0.25) is 5.91 Å². The lowest BCUT2D eigenvalue weighted by atomic mass is 10.0. The second kappa shape index (κ2) is 6.49. The van der Waals surface area contributed by atoms with E-state index >= 15 is 0 Å². The van der Waals surface area contributed by atoms with E-state index in [9.17, 15) is 9.59 Å². The van der Waals surface area contributed by atoms with Gasteiger partial charge < -0.3 is 19.5 Å². The van der Waals surface area contributed by atoms with Crippen molar-refractivity contribution in [3.05, 3.63) is 17.7 Å². The summed E-state index contributed by atoms with van der Waals surface area (Å²) in [6.45, 7) is 11.9. The quantitative estimate of drug-likeness (QED) is 0.864. The lowest BCUT2D eigenvalue weighted by molar-refractivity contribution is -0.125. The van der Waals surface area contributed by atoms with Crippen LogP contribution in [0, 0.1) is 17.8 Å². The molecular weight excluding hydrogens is 356 g/mol. The summed E-state index contributed by atoms with van der Waals surface area (Å²) >= 11 is 0. The number of imidazole rings is 1. The number of piperidine rings is 1. The van der Waals surface area contributed by atoms with E-state index in [0.717, 1.165) is 25.2 Å². The van der Waals surface area contributed by atoms with Gasteiger partial charge in [0.15, 0.2) is 0 Å². The molecule has 0 radical (unpaired) electrons. The lowest BCUT2D eigenvalue weighted by Gasteiger charge is -2.29. The number of nitrogens with one attached hydrogen (secondary N) is 1. The van der Waals surface area contributed by atoms with Crippen molar-refractivity contribution in [3.63, 3.8) is 0 Å². The van der Waals surface area contributed by atoms with Crippen LogP contribution in [0.25, 0.3) is 0 Å². The van der Waals surface area contributed by atoms with E-state index in [1.54, 1.807) is 4.90 Å². The molecule has 7 heteroatoms. The number of rotatable bonds is 3. The molecule has 0 aromatic carbocycles. The molecule has 3 aliphatic rings. The highest BCUT2D eigenvalue weighted by Crippen LogP contribution is 2.52. The minimum absolute atomic E-state index is 0.00579. The maximum atomic E-state index is 12.9. The number of nitrogens with zero attached hydrogens (tertiary/aromatic N) is 3. The van der Waals surface area contributed by atoms with E-state index in [1.165, 1.54) is 12.1 Å². The van der Waals surface area contributed by atoms with Crippen molar-refractivity contribution in [2.24, 2.45) is 17.8 Å². The van der Waals surface area contributed by atoms with Crippen LogP contribution in [0.15, 0.2) is 6.20 Å². The van der Waals surface area contributed by atoms with Crippen LogP contribution in [-0.2, 0) is 28.0 Å². The van der Waals surface area contributed by atoms with Gasteiger partial charge >= 0.3 is 6.09 Å².